The van der Waals surface area contributed by atoms with Gasteiger partial charge in [0.1, 0.15) is 5.15 Å². The van der Waals surface area contributed by atoms with Crippen molar-refractivity contribution in [1.82, 2.24) is 9.55 Å². The summed E-state index contributed by atoms with van der Waals surface area (Å²) in [5.74, 6) is 0. The Labute approximate surface area is 121 Å². The van der Waals surface area contributed by atoms with Gasteiger partial charge in [0.05, 0.1) is 11.3 Å². The molecule has 0 unspecified atom stereocenters. The SMILES string of the molecule is Cc1ccc(-n2c(=O)[nH]c(Cl)c(C)c2=O)cc1N(C)C. The van der Waals surface area contributed by atoms with Gasteiger partial charge in [-0.25, -0.2) is 9.36 Å². The summed E-state index contributed by atoms with van der Waals surface area (Å²) in [5, 5.41) is 0.0798. The molecule has 20 heavy (non-hydrogen) atoms. The molecular weight excluding hydrogens is 278 g/mol. The fraction of sp³-hybridized carbons (Fsp3) is 0.286. The largest absolute Gasteiger partial charge is 0.377 e. The Morgan fingerprint density at radius 1 is 1.20 bits per heavy atom. The predicted molar refractivity (Wildman–Crippen MR) is 81.5 cm³/mol. The van der Waals surface area contributed by atoms with Gasteiger partial charge < -0.3 is 4.90 Å². The van der Waals surface area contributed by atoms with Crippen LogP contribution in [0.5, 0.6) is 0 Å². The van der Waals surface area contributed by atoms with Crippen LogP contribution in [0.3, 0.4) is 0 Å². The maximum Gasteiger partial charge on any atom is 0.334 e. The van der Waals surface area contributed by atoms with Gasteiger partial charge in [-0.2, -0.15) is 0 Å². The monoisotopic (exact) mass is 293 g/mol. The van der Waals surface area contributed by atoms with E-state index in [2.05, 4.69) is 4.98 Å². The molecular formula is C14H16ClN3O2. The van der Waals surface area contributed by atoms with E-state index in [1.807, 2.05) is 32.0 Å². The summed E-state index contributed by atoms with van der Waals surface area (Å²) in [5.41, 5.74) is 1.89. The Bertz CT molecular complexity index is 775. The van der Waals surface area contributed by atoms with Crippen molar-refractivity contribution in [2.75, 3.05) is 19.0 Å². The van der Waals surface area contributed by atoms with Crippen LogP contribution in [-0.4, -0.2) is 23.6 Å². The van der Waals surface area contributed by atoms with Crippen LogP contribution in [0, 0.1) is 13.8 Å². The van der Waals surface area contributed by atoms with Crippen molar-refractivity contribution >= 4 is 17.3 Å². The third-order valence-corrected chi connectivity index (χ3v) is 3.58. The third-order valence-electron chi connectivity index (χ3n) is 3.21. The Morgan fingerprint density at radius 3 is 2.45 bits per heavy atom. The maximum absolute atomic E-state index is 12.2. The first-order valence-electron chi connectivity index (χ1n) is 6.12. The molecule has 0 fully saturated rings. The summed E-state index contributed by atoms with van der Waals surface area (Å²) in [7, 11) is 3.82. The highest BCUT2D eigenvalue weighted by molar-refractivity contribution is 6.30. The quantitative estimate of drug-likeness (QED) is 0.860. The van der Waals surface area contributed by atoms with Crippen molar-refractivity contribution in [3.8, 4) is 5.69 Å². The molecule has 0 aliphatic carbocycles. The first kappa shape index (κ1) is 14.4. The molecule has 0 saturated heterocycles. The number of rotatable bonds is 2. The number of aromatic nitrogens is 2. The number of hydrogen-bond acceptors (Lipinski definition) is 3. The zero-order valence-electron chi connectivity index (χ0n) is 11.8. The van der Waals surface area contributed by atoms with E-state index in [0.717, 1.165) is 15.8 Å². The lowest BCUT2D eigenvalue weighted by molar-refractivity contribution is 0.858. The van der Waals surface area contributed by atoms with Crippen LogP contribution in [-0.2, 0) is 0 Å². The second kappa shape index (κ2) is 5.17. The van der Waals surface area contributed by atoms with Crippen LogP contribution in [0.4, 0.5) is 5.69 Å². The van der Waals surface area contributed by atoms with Crippen LogP contribution in [0.15, 0.2) is 27.8 Å². The molecule has 6 heteroatoms. The highest BCUT2D eigenvalue weighted by Crippen LogP contribution is 2.20. The second-order valence-corrected chi connectivity index (χ2v) is 5.25. The zero-order valence-corrected chi connectivity index (χ0v) is 12.6. The second-order valence-electron chi connectivity index (χ2n) is 4.87. The van der Waals surface area contributed by atoms with Crippen molar-refractivity contribution in [2.45, 2.75) is 13.8 Å². The van der Waals surface area contributed by atoms with E-state index in [1.165, 1.54) is 0 Å². The van der Waals surface area contributed by atoms with Crippen LogP contribution in [0.2, 0.25) is 5.15 Å². The third kappa shape index (κ3) is 2.36. The summed E-state index contributed by atoms with van der Waals surface area (Å²) >= 11 is 5.81. The highest BCUT2D eigenvalue weighted by atomic mass is 35.5. The van der Waals surface area contributed by atoms with Crippen molar-refractivity contribution in [1.29, 1.82) is 0 Å². The summed E-state index contributed by atoms with van der Waals surface area (Å²) in [6.45, 7) is 3.55. The predicted octanol–water partition coefficient (Wildman–Crippen LogP) is 1.86. The van der Waals surface area contributed by atoms with Crippen molar-refractivity contribution < 1.29 is 0 Å². The Hall–Kier alpha value is -2.01. The molecule has 0 aliphatic rings. The molecule has 0 radical (unpaired) electrons. The Balaban J connectivity index is 2.76. The normalized spacial score (nSPS) is 10.7. The highest BCUT2D eigenvalue weighted by Gasteiger charge is 2.12. The summed E-state index contributed by atoms with van der Waals surface area (Å²) < 4.78 is 1.09. The first-order chi connectivity index (χ1) is 9.32. The number of benzene rings is 1. The number of aromatic amines is 1. The van der Waals surface area contributed by atoms with E-state index >= 15 is 0 Å². The van der Waals surface area contributed by atoms with Crippen molar-refractivity contribution in [3.05, 3.63) is 55.3 Å². The minimum atomic E-state index is -0.542. The van der Waals surface area contributed by atoms with E-state index in [0.29, 0.717) is 11.3 Å². The molecule has 2 aromatic rings. The lowest BCUT2D eigenvalue weighted by Crippen LogP contribution is -2.35. The number of aryl methyl sites for hydroxylation is 1. The lowest BCUT2D eigenvalue weighted by Gasteiger charge is -2.17. The molecule has 106 valence electrons. The van der Waals surface area contributed by atoms with Gasteiger partial charge in [0.15, 0.2) is 0 Å². The number of nitrogens with one attached hydrogen (secondary N) is 1. The van der Waals surface area contributed by atoms with E-state index in [1.54, 1.807) is 19.1 Å². The van der Waals surface area contributed by atoms with Crippen LogP contribution in [0.1, 0.15) is 11.1 Å². The minimum Gasteiger partial charge on any atom is -0.377 e. The number of anilines is 1. The van der Waals surface area contributed by atoms with E-state index in [-0.39, 0.29) is 5.15 Å². The lowest BCUT2D eigenvalue weighted by atomic mass is 10.1. The fourth-order valence-corrected chi connectivity index (χ4v) is 2.21. The first-order valence-corrected chi connectivity index (χ1v) is 6.50. The maximum atomic E-state index is 12.2. The summed E-state index contributed by atoms with van der Waals surface area (Å²) in [6, 6.07) is 5.42. The van der Waals surface area contributed by atoms with Crippen LogP contribution in [0.25, 0.3) is 5.69 Å². The van der Waals surface area contributed by atoms with Crippen LogP contribution < -0.4 is 16.1 Å². The molecule has 0 bridgehead atoms. The molecule has 2 rings (SSSR count). The summed E-state index contributed by atoms with van der Waals surface area (Å²) in [6.07, 6.45) is 0. The Morgan fingerprint density at radius 2 is 1.85 bits per heavy atom. The number of halogens is 1. The molecule has 0 aliphatic heterocycles. The standard InChI is InChI=1S/C14H16ClN3O2/c1-8-5-6-10(7-11(8)17(3)4)18-13(19)9(2)12(15)16-14(18)20/h5-7H,1-4H3,(H,16,20). The van der Waals surface area contributed by atoms with Crippen LogP contribution >= 0.6 is 11.6 Å². The average Bonchev–Trinajstić information content (AvgIpc) is 2.37. The molecule has 1 aromatic heterocycles. The smallest absolute Gasteiger partial charge is 0.334 e. The van der Waals surface area contributed by atoms with Gasteiger partial charge in [-0.05, 0) is 31.5 Å². The van der Waals surface area contributed by atoms with Gasteiger partial charge in [-0.15, -0.1) is 0 Å². The van der Waals surface area contributed by atoms with E-state index in [4.69, 9.17) is 11.6 Å². The van der Waals surface area contributed by atoms with Crippen molar-refractivity contribution in [2.24, 2.45) is 0 Å². The van der Waals surface area contributed by atoms with Gasteiger partial charge >= 0.3 is 5.69 Å². The zero-order chi connectivity index (χ0) is 15.0. The van der Waals surface area contributed by atoms with Gasteiger partial charge in [-0.1, -0.05) is 17.7 Å². The minimum absolute atomic E-state index is 0.0798. The molecule has 0 spiro atoms. The molecule has 0 saturated carbocycles. The number of H-pyrrole nitrogens is 1. The number of nitrogens with zero attached hydrogens (tertiary/aromatic N) is 2. The van der Waals surface area contributed by atoms with Crippen molar-refractivity contribution in [3.63, 3.8) is 0 Å². The molecule has 1 aromatic carbocycles. The number of hydrogen-bond donors (Lipinski definition) is 1. The van der Waals surface area contributed by atoms with Gasteiger partial charge in [-0.3, -0.25) is 9.78 Å². The van der Waals surface area contributed by atoms with Gasteiger partial charge in [0, 0.05) is 19.8 Å². The fourth-order valence-electron chi connectivity index (χ4n) is 2.05. The molecule has 1 heterocycles. The Kier molecular flexibility index (Phi) is 3.72. The van der Waals surface area contributed by atoms with E-state index in [9.17, 15) is 9.59 Å². The van der Waals surface area contributed by atoms with Gasteiger partial charge in [0.2, 0.25) is 0 Å². The van der Waals surface area contributed by atoms with E-state index < -0.39 is 11.2 Å². The molecule has 0 atom stereocenters. The topological polar surface area (TPSA) is 58.1 Å². The summed E-state index contributed by atoms with van der Waals surface area (Å²) in [4.78, 5) is 28.6. The average molecular weight is 294 g/mol. The molecule has 1 N–H and O–H groups in total. The molecule has 0 amide bonds. The van der Waals surface area contributed by atoms with Gasteiger partial charge in [0.25, 0.3) is 5.56 Å². The molecule has 5 nitrogen and oxygen atoms in total.